The van der Waals surface area contributed by atoms with Crippen LogP contribution in [0.5, 0.6) is 0 Å². The third-order valence-corrected chi connectivity index (χ3v) is 3.40. The van der Waals surface area contributed by atoms with Crippen molar-refractivity contribution >= 4 is 5.69 Å². The highest BCUT2D eigenvalue weighted by Gasteiger charge is 2.13. The molecule has 21 heavy (non-hydrogen) atoms. The Labute approximate surface area is 127 Å². The van der Waals surface area contributed by atoms with Crippen LogP contribution < -0.4 is 10.2 Å². The molecule has 0 aliphatic rings. The molecule has 1 N–H and O–H groups in total. The molecule has 0 saturated heterocycles. The molecule has 2 aromatic heterocycles. The fourth-order valence-electron chi connectivity index (χ4n) is 2.13. The van der Waals surface area contributed by atoms with Gasteiger partial charge in [-0.3, -0.25) is 4.98 Å². The van der Waals surface area contributed by atoms with Gasteiger partial charge in [0.05, 0.1) is 6.54 Å². The second-order valence-corrected chi connectivity index (χ2v) is 6.42. The van der Waals surface area contributed by atoms with Crippen molar-refractivity contribution in [3.05, 3.63) is 42.2 Å². The molecule has 2 rings (SSSR count). The standard InChI is InChI=1S/C16H25N5/c1-16(2,3)19-11-13-10-17-7-6-14(13)21(5)12-15-18-8-9-20(15)4/h6-10,19H,11-12H2,1-5H3. The van der Waals surface area contributed by atoms with E-state index >= 15 is 0 Å². The predicted molar refractivity (Wildman–Crippen MR) is 86.1 cm³/mol. The van der Waals surface area contributed by atoms with Crippen LogP contribution in [0.4, 0.5) is 5.69 Å². The van der Waals surface area contributed by atoms with Crippen LogP contribution in [0.1, 0.15) is 32.2 Å². The van der Waals surface area contributed by atoms with E-state index in [1.54, 1.807) is 0 Å². The minimum atomic E-state index is 0.0886. The van der Waals surface area contributed by atoms with Crippen molar-refractivity contribution < 1.29 is 0 Å². The van der Waals surface area contributed by atoms with Crippen LogP contribution in [-0.4, -0.2) is 27.1 Å². The maximum Gasteiger partial charge on any atom is 0.127 e. The van der Waals surface area contributed by atoms with Gasteiger partial charge in [0.1, 0.15) is 5.82 Å². The van der Waals surface area contributed by atoms with Gasteiger partial charge in [-0.2, -0.15) is 0 Å². The second kappa shape index (κ2) is 6.26. The van der Waals surface area contributed by atoms with E-state index in [9.17, 15) is 0 Å². The molecule has 2 heterocycles. The lowest BCUT2D eigenvalue weighted by Gasteiger charge is -2.25. The van der Waals surface area contributed by atoms with Crippen LogP contribution in [0.2, 0.25) is 0 Å². The third kappa shape index (κ3) is 4.29. The lowest BCUT2D eigenvalue weighted by Crippen LogP contribution is -2.35. The van der Waals surface area contributed by atoms with E-state index in [0.29, 0.717) is 0 Å². The van der Waals surface area contributed by atoms with Crippen molar-refractivity contribution in [3.63, 3.8) is 0 Å². The summed E-state index contributed by atoms with van der Waals surface area (Å²) in [6.45, 7) is 8.08. The molecule has 5 nitrogen and oxygen atoms in total. The van der Waals surface area contributed by atoms with Crippen LogP contribution in [-0.2, 0) is 20.1 Å². The maximum atomic E-state index is 4.39. The van der Waals surface area contributed by atoms with Gasteiger partial charge < -0.3 is 14.8 Å². The fraction of sp³-hybridized carbons (Fsp3) is 0.500. The zero-order chi connectivity index (χ0) is 15.5. The fourth-order valence-corrected chi connectivity index (χ4v) is 2.13. The van der Waals surface area contributed by atoms with Crippen molar-refractivity contribution in [2.45, 2.75) is 39.4 Å². The molecule has 0 bridgehead atoms. The van der Waals surface area contributed by atoms with Crippen molar-refractivity contribution in [1.29, 1.82) is 0 Å². The zero-order valence-electron chi connectivity index (χ0n) is 13.6. The van der Waals surface area contributed by atoms with Crippen LogP contribution in [0.25, 0.3) is 0 Å². The number of anilines is 1. The maximum absolute atomic E-state index is 4.39. The van der Waals surface area contributed by atoms with Crippen LogP contribution in [0.3, 0.4) is 0 Å². The second-order valence-electron chi connectivity index (χ2n) is 6.42. The number of aryl methyl sites for hydroxylation is 1. The number of pyridine rings is 1. The van der Waals surface area contributed by atoms with Gasteiger partial charge in [-0.05, 0) is 26.8 Å². The van der Waals surface area contributed by atoms with Gasteiger partial charge in [0.25, 0.3) is 0 Å². The van der Waals surface area contributed by atoms with Gasteiger partial charge >= 0.3 is 0 Å². The molecule has 0 fully saturated rings. The molecular weight excluding hydrogens is 262 g/mol. The van der Waals surface area contributed by atoms with E-state index in [0.717, 1.165) is 18.9 Å². The molecule has 0 amide bonds. The Bertz CT molecular complexity index is 582. The Morgan fingerprint density at radius 1 is 1.29 bits per heavy atom. The molecular formula is C16H25N5. The van der Waals surface area contributed by atoms with E-state index < -0.39 is 0 Å². The zero-order valence-corrected chi connectivity index (χ0v) is 13.6. The SMILES string of the molecule is CN(Cc1nccn1C)c1ccncc1CNC(C)(C)C. The van der Waals surface area contributed by atoms with Crippen molar-refractivity contribution in [3.8, 4) is 0 Å². The molecule has 5 heteroatoms. The van der Waals surface area contributed by atoms with E-state index in [1.165, 1.54) is 11.3 Å². The molecule has 0 aromatic carbocycles. The number of hydrogen-bond donors (Lipinski definition) is 1. The van der Waals surface area contributed by atoms with Gasteiger partial charge in [0.15, 0.2) is 0 Å². The summed E-state index contributed by atoms with van der Waals surface area (Å²) in [7, 11) is 4.11. The average molecular weight is 287 g/mol. The van der Waals surface area contributed by atoms with Crippen LogP contribution in [0.15, 0.2) is 30.9 Å². The number of aromatic nitrogens is 3. The molecule has 0 saturated carbocycles. The molecule has 114 valence electrons. The Hall–Kier alpha value is -1.88. The number of nitrogens with zero attached hydrogens (tertiary/aromatic N) is 4. The summed E-state index contributed by atoms with van der Waals surface area (Å²) >= 11 is 0. The van der Waals surface area contributed by atoms with Crippen molar-refractivity contribution in [2.75, 3.05) is 11.9 Å². The summed E-state index contributed by atoms with van der Waals surface area (Å²) in [5.74, 6) is 1.05. The Kier molecular flexibility index (Phi) is 4.63. The summed E-state index contributed by atoms with van der Waals surface area (Å²) < 4.78 is 2.05. The number of imidazole rings is 1. The van der Waals surface area contributed by atoms with Gasteiger partial charge in [-0.15, -0.1) is 0 Å². The highest BCUT2D eigenvalue weighted by molar-refractivity contribution is 5.51. The lowest BCUT2D eigenvalue weighted by atomic mass is 10.1. The summed E-state index contributed by atoms with van der Waals surface area (Å²) in [5, 5.41) is 3.52. The topological polar surface area (TPSA) is 46.0 Å². The van der Waals surface area contributed by atoms with Gasteiger partial charge in [0.2, 0.25) is 0 Å². The van der Waals surface area contributed by atoms with E-state index in [1.807, 2.05) is 36.4 Å². The molecule has 2 aromatic rings. The average Bonchev–Trinajstić information content (AvgIpc) is 2.81. The van der Waals surface area contributed by atoms with Crippen molar-refractivity contribution in [1.82, 2.24) is 19.9 Å². The highest BCUT2D eigenvalue weighted by Crippen LogP contribution is 2.20. The largest absolute Gasteiger partial charge is 0.367 e. The lowest BCUT2D eigenvalue weighted by molar-refractivity contribution is 0.424. The molecule has 0 atom stereocenters. The van der Waals surface area contributed by atoms with Crippen LogP contribution in [0, 0.1) is 0 Å². The van der Waals surface area contributed by atoms with Crippen molar-refractivity contribution in [2.24, 2.45) is 7.05 Å². The number of hydrogen-bond acceptors (Lipinski definition) is 4. The van der Waals surface area contributed by atoms with E-state index in [-0.39, 0.29) is 5.54 Å². The number of rotatable bonds is 5. The molecule has 0 spiro atoms. The van der Waals surface area contributed by atoms with Gasteiger partial charge in [-0.1, -0.05) is 0 Å². The Morgan fingerprint density at radius 2 is 2.05 bits per heavy atom. The first-order valence-corrected chi connectivity index (χ1v) is 7.22. The minimum absolute atomic E-state index is 0.0886. The molecule has 0 radical (unpaired) electrons. The minimum Gasteiger partial charge on any atom is -0.367 e. The summed E-state index contributed by atoms with van der Waals surface area (Å²) in [5.41, 5.74) is 2.47. The summed E-state index contributed by atoms with van der Waals surface area (Å²) in [4.78, 5) is 10.9. The first-order valence-electron chi connectivity index (χ1n) is 7.22. The Morgan fingerprint density at radius 3 is 2.67 bits per heavy atom. The van der Waals surface area contributed by atoms with Gasteiger partial charge in [-0.25, -0.2) is 4.98 Å². The van der Waals surface area contributed by atoms with Gasteiger partial charge in [0, 0.05) is 62.2 Å². The Balaban J connectivity index is 2.13. The molecule has 0 aliphatic carbocycles. The number of nitrogens with one attached hydrogen (secondary N) is 1. The summed E-state index contributed by atoms with van der Waals surface area (Å²) in [6, 6.07) is 2.06. The highest BCUT2D eigenvalue weighted by atomic mass is 15.2. The third-order valence-electron chi connectivity index (χ3n) is 3.40. The predicted octanol–water partition coefficient (Wildman–Crippen LogP) is 2.34. The normalized spacial score (nSPS) is 11.7. The smallest absolute Gasteiger partial charge is 0.127 e. The monoisotopic (exact) mass is 287 g/mol. The van der Waals surface area contributed by atoms with E-state index in [4.69, 9.17) is 0 Å². The van der Waals surface area contributed by atoms with E-state index in [2.05, 4.69) is 54.1 Å². The summed E-state index contributed by atoms with van der Waals surface area (Å²) in [6.07, 6.45) is 7.57. The first kappa shape index (κ1) is 15.5. The van der Waals surface area contributed by atoms with Crippen LogP contribution >= 0.6 is 0 Å². The quantitative estimate of drug-likeness (QED) is 0.917. The first-order chi connectivity index (χ1) is 9.87. The molecule has 0 aliphatic heterocycles. The molecule has 0 unspecified atom stereocenters.